The molecule has 1 nitrogen and oxygen atoms in total. The Morgan fingerprint density at radius 3 is 2.39 bits per heavy atom. The molecule has 0 spiro atoms. The van der Waals surface area contributed by atoms with E-state index in [0.29, 0.717) is 5.92 Å². The maximum Gasteiger partial charge on any atom is 0.0366 e. The van der Waals surface area contributed by atoms with E-state index in [1.165, 1.54) is 61.9 Å². The van der Waals surface area contributed by atoms with Crippen LogP contribution in [0, 0.1) is 5.92 Å². The Balaban J connectivity index is 1.40. The average Bonchev–Trinajstić information content (AvgIpc) is 3.46. The highest BCUT2D eigenvalue weighted by atomic mass is 15.1. The second-order valence-electron chi connectivity index (χ2n) is 7.34. The molecule has 1 heteroatoms. The van der Waals surface area contributed by atoms with Gasteiger partial charge >= 0.3 is 0 Å². The van der Waals surface area contributed by atoms with E-state index in [1.54, 1.807) is 0 Å². The number of anilines is 1. The molecule has 1 aliphatic carbocycles. The van der Waals surface area contributed by atoms with Gasteiger partial charge in [-0.1, -0.05) is 55.3 Å². The molecule has 1 heterocycles. The lowest BCUT2D eigenvalue weighted by Gasteiger charge is -2.34. The Hall–Kier alpha value is -1.76. The molecule has 4 rings (SSSR count). The first-order valence-corrected chi connectivity index (χ1v) is 9.27. The molecule has 2 fully saturated rings. The summed E-state index contributed by atoms with van der Waals surface area (Å²) < 4.78 is 0. The maximum atomic E-state index is 2.58. The molecular weight excluding hydrogens is 278 g/mol. The zero-order chi connectivity index (χ0) is 15.5. The standard InChI is InChI=1S/C22H27N/c1-2-5-20(6-3-1)21-7-4-16-23(17-21)22-14-12-19(13-15-22)11-10-18-8-9-18/h1-3,5-6,12-15,18,21H,4,7-11,16-17H2. The third-order valence-electron chi connectivity index (χ3n) is 5.53. The van der Waals surface area contributed by atoms with Crippen molar-refractivity contribution >= 4 is 5.69 Å². The molecule has 0 amide bonds. The lowest BCUT2D eigenvalue weighted by atomic mass is 9.90. The highest BCUT2D eigenvalue weighted by Gasteiger charge is 2.22. The highest BCUT2D eigenvalue weighted by molar-refractivity contribution is 5.48. The van der Waals surface area contributed by atoms with Crippen molar-refractivity contribution in [2.24, 2.45) is 5.92 Å². The van der Waals surface area contributed by atoms with Crippen LogP contribution in [0.2, 0.25) is 0 Å². The highest BCUT2D eigenvalue weighted by Crippen LogP contribution is 2.34. The molecule has 23 heavy (non-hydrogen) atoms. The first-order valence-electron chi connectivity index (χ1n) is 9.27. The summed E-state index contributed by atoms with van der Waals surface area (Å²) in [5, 5.41) is 0. The van der Waals surface area contributed by atoms with Gasteiger partial charge in [-0.25, -0.2) is 0 Å². The van der Waals surface area contributed by atoms with E-state index >= 15 is 0 Å². The minimum atomic E-state index is 0.680. The van der Waals surface area contributed by atoms with Crippen LogP contribution in [0.15, 0.2) is 54.6 Å². The SMILES string of the molecule is c1ccc(C2CCCN(c3ccc(CCC4CC4)cc3)C2)cc1. The van der Waals surface area contributed by atoms with Crippen molar-refractivity contribution in [1.82, 2.24) is 0 Å². The summed E-state index contributed by atoms with van der Waals surface area (Å²) >= 11 is 0. The summed E-state index contributed by atoms with van der Waals surface area (Å²) in [6, 6.07) is 20.4. The second-order valence-corrected chi connectivity index (χ2v) is 7.34. The van der Waals surface area contributed by atoms with Crippen LogP contribution >= 0.6 is 0 Å². The Kier molecular flexibility index (Phi) is 4.37. The molecule has 2 aliphatic rings. The zero-order valence-corrected chi connectivity index (χ0v) is 14.0. The minimum absolute atomic E-state index is 0.680. The van der Waals surface area contributed by atoms with E-state index in [2.05, 4.69) is 59.5 Å². The molecule has 1 aliphatic heterocycles. The van der Waals surface area contributed by atoms with Crippen molar-refractivity contribution in [3.05, 3.63) is 65.7 Å². The monoisotopic (exact) mass is 305 g/mol. The number of rotatable bonds is 5. The van der Waals surface area contributed by atoms with Crippen LogP contribution in [0.5, 0.6) is 0 Å². The summed E-state index contributed by atoms with van der Waals surface area (Å²) in [5.74, 6) is 1.71. The number of hydrogen-bond donors (Lipinski definition) is 0. The molecule has 0 N–H and O–H groups in total. The van der Waals surface area contributed by atoms with Crippen LogP contribution in [0.1, 0.15) is 49.1 Å². The molecule has 1 saturated carbocycles. The average molecular weight is 305 g/mol. The van der Waals surface area contributed by atoms with Crippen LogP contribution in [0.4, 0.5) is 5.69 Å². The molecule has 120 valence electrons. The second kappa shape index (κ2) is 6.78. The molecule has 1 atom stereocenters. The first-order chi connectivity index (χ1) is 11.4. The van der Waals surface area contributed by atoms with Crippen molar-refractivity contribution in [3.63, 3.8) is 0 Å². The van der Waals surface area contributed by atoms with E-state index in [4.69, 9.17) is 0 Å². The van der Waals surface area contributed by atoms with Gasteiger partial charge in [0.25, 0.3) is 0 Å². The van der Waals surface area contributed by atoms with E-state index in [-0.39, 0.29) is 0 Å². The van der Waals surface area contributed by atoms with Gasteiger partial charge in [0.05, 0.1) is 0 Å². The number of benzene rings is 2. The first kappa shape index (κ1) is 14.8. The fourth-order valence-electron chi connectivity index (χ4n) is 3.86. The lowest BCUT2D eigenvalue weighted by molar-refractivity contribution is 0.510. The maximum absolute atomic E-state index is 2.58. The van der Waals surface area contributed by atoms with Crippen LogP contribution < -0.4 is 4.90 Å². The van der Waals surface area contributed by atoms with Gasteiger partial charge in [0.2, 0.25) is 0 Å². The number of piperidine rings is 1. The molecule has 0 aromatic heterocycles. The molecule has 0 radical (unpaired) electrons. The quantitative estimate of drug-likeness (QED) is 0.713. The summed E-state index contributed by atoms with van der Waals surface area (Å²) in [5.41, 5.74) is 4.41. The van der Waals surface area contributed by atoms with Crippen molar-refractivity contribution in [2.45, 2.75) is 44.4 Å². The molecule has 2 aromatic rings. The fraction of sp³-hybridized carbons (Fsp3) is 0.455. The van der Waals surface area contributed by atoms with Gasteiger partial charge in [-0.15, -0.1) is 0 Å². The van der Waals surface area contributed by atoms with Crippen LogP contribution in [-0.4, -0.2) is 13.1 Å². The minimum Gasteiger partial charge on any atom is -0.371 e. The summed E-state index contributed by atoms with van der Waals surface area (Å²) in [6.07, 6.45) is 8.19. The topological polar surface area (TPSA) is 3.24 Å². The lowest BCUT2D eigenvalue weighted by Crippen LogP contribution is -2.34. The van der Waals surface area contributed by atoms with Gasteiger partial charge in [0.1, 0.15) is 0 Å². The van der Waals surface area contributed by atoms with Gasteiger partial charge in [-0.2, -0.15) is 0 Å². The largest absolute Gasteiger partial charge is 0.371 e. The van der Waals surface area contributed by atoms with Crippen molar-refractivity contribution in [3.8, 4) is 0 Å². The Bertz CT molecular complexity index is 612. The predicted molar refractivity (Wildman–Crippen MR) is 98.1 cm³/mol. The molecule has 2 aromatic carbocycles. The van der Waals surface area contributed by atoms with E-state index < -0.39 is 0 Å². The van der Waals surface area contributed by atoms with Gasteiger partial charge in [0, 0.05) is 24.7 Å². The van der Waals surface area contributed by atoms with Crippen LogP contribution in [0.3, 0.4) is 0 Å². The Labute approximate surface area is 140 Å². The normalized spacial score (nSPS) is 21.4. The number of hydrogen-bond acceptors (Lipinski definition) is 1. The van der Waals surface area contributed by atoms with E-state index in [9.17, 15) is 0 Å². The molecule has 0 bridgehead atoms. The molecular formula is C22H27N. The zero-order valence-electron chi connectivity index (χ0n) is 14.0. The Morgan fingerprint density at radius 2 is 1.65 bits per heavy atom. The Morgan fingerprint density at radius 1 is 0.870 bits per heavy atom. The third kappa shape index (κ3) is 3.77. The summed E-state index contributed by atoms with van der Waals surface area (Å²) in [7, 11) is 0. The van der Waals surface area contributed by atoms with Crippen molar-refractivity contribution in [2.75, 3.05) is 18.0 Å². The molecule has 1 saturated heterocycles. The van der Waals surface area contributed by atoms with Gasteiger partial charge in [-0.3, -0.25) is 0 Å². The predicted octanol–water partition coefficient (Wildman–Crippen LogP) is 5.41. The number of nitrogens with zero attached hydrogens (tertiary/aromatic N) is 1. The van der Waals surface area contributed by atoms with Crippen molar-refractivity contribution < 1.29 is 0 Å². The van der Waals surface area contributed by atoms with Gasteiger partial charge < -0.3 is 4.90 Å². The summed E-state index contributed by atoms with van der Waals surface area (Å²) in [4.78, 5) is 2.58. The fourth-order valence-corrected chi connectivity index (χ4v) is 3.86. The van der Waals surface area contributed by atoms with Crippen molar-refractivity contribution in [1.29, 1.82) is 0 Å². The molecule has 1 unspecified atom stereocenters. The smallest absolute Gasteiger partial charge is 0.0366 e. The van der Waals surface area contributed by atoms with Crippen LogP contribution in [0.25, 0.3) is 0 Å². The van der Waals surface area contributed by atoms with Gasteiger partial charge in [0.15, 0.2) is 0 Å². The van der Waals surface area contributed by atoms with Gasteiger partial charge in [-0.05, 0) is 54.9 Å². The van der Waals surface area contributed by atoms with E-state index in [1.807, 2.05) is 0 Å². The van der Waals surface area contributed by atoms with Crippen LogP contribution in [-0.2, 0) is 6.42 Å². The number of aryl methyl sites for hydroxylation is 1. The third-order valence-corrected chi connectivity index (χ3v) is 5.53. The van der Waals surface area contributed by atoms with E-state index in [0.717, 1.165) is 12.5 Å². The summed E-state index contributed by atoms with van der Waals surface area (Å²) in [6.45, 7) is 2.36.